The van der Waals surface area contributed by atoms with Crippen LogP contribution >= 0.6 is 0 Å². The van der Waals surface area contributed by atoms with Gasteiger partial charge in [-0.15, -0.1) is 0 Å². The first-order valence-corrected chi connectivity index (χ1v) is 6.70. The second-order valence-electron chi connectivity index (χ2n) is 4.95. The molecular formula is C16H20N2O2. The van der Waals surface area contributed by atoms with Gasteiger partial charge in [-0.1, -0.05) is 30.3 Å². The minimum Gasteiger partial charge on any atom is -0.468 e. The Kier molecular flexibility index (Phi) is 4.96. The van der Waals surface area contributed by atoms with E-state index in [4.69, 9.17) is 4.42 Å². The molecule has 1 heterocycles. The van der Waals surface area contributed by atoms with Crippen LogP contribution in [0.15, 0.2) is 53.1 Å². The van der Waals surface area contributed by atoms with Crippen molar-refractivity contribution >= 4 is 5.91 Å². The van der Waals surface area contributed by atoms with Gasteiger partial charge in [-0.2, -0.15) is 0 Å². The van der Waals surface area contributed by atoms with Gasteiger partial charge < -0.3 is 9.73 Å². The smallest absolute Gasteiger partial charge is 0.234 e. The first kappa shape index (κ1) is 14.3. The normalized spacial score (nSPS) is 12.3. The van der Waals surface area contributed by atoms with Gasteiger partial charge >= 0.3 is 0 Å². The van der Waals surface area contributed by atoms with Gasteiger partial charge in [-0.25, -0.2) is 0 Å². The molecule has 0 aliphatic heterocycles. The standard InChI is InChI=1S/C16H20N2O2/c1-13(14-7-4-3-5-8-14)17-16(19)12-18(2)11-15-9-6-10-20-15/h3-10,13H,11-12H2,1-2H3,(H,17,19)/t13-/m1/s1. The average molecular weight is 272 g/mol. The summed E-state index contributed by atoms with van der Waals surface area (Å²) in [5.74, 6) is 0.867. The van der Waals surface area contributed by atoms with E-state index in [1.165, 1.54) is 0 Å². The lowest BCUT2D eigenvalue weighted by Crippen LogP contribution is -2.36. The molecule has 0 bridgehead atoms. The monoisotopic (exact) mass is 272 g/mol. The van der Waals surface area contributed by atoms with Crippen LogP contribution in [0.25, 0.3) is 0 Å². The molecule has 4 nitrogen and oxygen atoms in total. The molecule has 4 heteroatoms. The Bertz CT molecular complexity index is 523. The minimum absolute atomic E-state index is 0.00964. The molecule has 0 saturated heterocycles. The molecular weight excluding hydrogens is 252 g/mol. The van der Waals surface area contributed by atoms with Crippen LogP contribution in [-0.4, -0.2) is 24.4 Å². The molecule has 1 atom stereocenters. The molecule has 1 aromatic carbocycles. The molecule has 106 valence electrons. The zero-order valence-corrected chi connectivity index (χ0v) is 11.9. The molecule has 0 aliphatic rings. The molecule has 0 spiro atoms. The van der Waals surface area contributed by atoms with Gasteiger partial charge in [-0.3, -0.25) is 9.69 Å². The topological polar surface area (TPSA) is 45.5 Å². The van der Waals surface area contributed by atoms with E-state index in [-0.39, 0.29) is 11.9 Å². The number of nitrogens with one attached hydrogen (secondary N) is 1. The van der Waals surface area contributed by atoms with E-state index in [0.29, 0.717) is 13.1 Å². The van der Waals surface area contributed by atoms with Gasteiger partial charge in [0.2, 0.25) is 5.91 Å². The number of carbonyl (C=O) groups is 1. The maximum Gasteiger partial charge on any atom is 0.234 e. The number of nitrogens with zero attached hydrogens (tertiary/aromatic N) is 1. The van der Waals surface area contributed by atoms with Crippen LogP contribution in [0.5, 0.6) is 0 Å². The lowest BCUT2D eigenvalue weighted by molar-refractivity contribution is -0.122. The summed E-state index contributed by atoms with van der Waals surface area (Å²) in [6, 6.07) is 13.7. The van der Waals surface area contributed by atoms with E-state index in [0.717, 1.165) is 11.3 Å². The van der Waals surface area contributed by atoms with Crippen molar-refractivity contribution in [2.24, 2.45) is 0 Å². The molecule has 1 N–H and O–H groups in total. The van der Waals surface area contributed by atoms with E-state index in [1.807, 2.05) is 61.3 Å². The molecule has 2 aromatic rings. The van der Waals surface area contributed by atoms with E-state index >= 15 is 0 Å². The number of likely N-dealkylation sites (N-methyl/N-ethyl adjacent to an activating group) is 1. The third-order valence-corrected chi connectivity index (χ3v) is 3.10. The predicted octanol–water partition coefficient (Wildman–Crippen LogP) is 2.59. The summed E-state index contributed by atoms with van der Waals surface area (Å²) in [6.45, 7) is 2.96. The third kappa shape index (κ3) is 4.24. The van der Waals surface area contributed by atoms with Crippen molar-refractivity contribution in [2.75, 3.05) is 13.6 Å². The van der Waals surface area contributed by atoms with Crippen LogP contribution in [0.2, 0.25) is 0 Å². The zero-order valence-electron chi connectivity index (χ0n) is 11.9. The molecule has 0 saturated carbocycles. The van der Waals surface area contributed by atoms with E-state index in [9.17, 15) is 4.79 Å². The van der Waals surface area contributed by atoms with Crippen molar-refractivity contribution in [3.8, 4) is 0 Å². The second-order valence-corrected chi connectivity index (χ2v) is 4.95. The molecule has 1 amide bonds. The van der Waals surface area contributed by atoms with Crippen LogP contribution in [0.3, 0.4) is 0 Å². The van der Waals surface area contributed by atoms with Crippen molar-refractivity contribution < 1.29 is 9.21 Å². The van der Waals surface area contributed by atoms with Crippen molar-refractivity contribution in [3.63, 3.8) is 0 Å². The fourth-order valence-corrected chi connectivity index (χ4v) is 2.08. The zero-order chi connectivity index (χ0) is 14.4. The Morgan fingerprint density at radius 3 is 2.65 bits per heavy atom. The van der Waals surface area contributed by atoms with Gasteiger partial charge in [0.1, 0.15) is 5.76 Å². The highest BCUT2D eigenvalue weighted by Gasteiger charge is 2.12. The molecule has 20 heavy (non-hydrogen) atoms. The van der Waals surface area contributed by atoms with Crippen molar-refractivity contribution in [2.45, 2.75) is 19.5 Å². The van der Waals surface area contributed by atoms with E-state index in [2.05, 4.69) is 5.32 Å². The van der Waals surface area contributed by atoms with Crippen molar-refractivity contribution in [3.05, 3.63) is 60.1 Å². The summed E-state index contributed by atoms with van der Waals surface area (Å²) in [7, 11) is 1.90. The van der Waals surface area contributed by atoms with E-state index in [1.54, 1.807) is 6.26 Å². The number of rotatable bonds is 6. The Labute approximate surface area is 119 Å². The molecule has 0 fully saturated rings. The summed E-state index contributed by atoms with van der Waals surface area (Å²) in [4.78, 5) is 13.9. The van der Waals surface area contributed by atoms with Crippen LogP contribution in [-0.2, 0) is 11.3 Å². The summed E-state index contributed by atoms with van der Waals surface area (Å²) in [6.07, 6.45) is 1.64. The summed E-state index contributed by atoms with van der Waals surface area (Å²) >= 11 is 0. The number of amides is 1. The molecule has 0 aliphatic carbocycles. The first-order chi connectivity index (χ1) is 9.65. The summed E-state index contributed by atoms with van der Waals surface area (Å²) in [5.41, 5.74) is 1.11. The van der Waals surface area contributed by atoms with Gasteiger partial charge in [0.05, 0.1) is 25.4 Å². The Morgan fingerprint density at radius 2 is 2.00 bits per heavy atom. The summed E-state index contributed by atoms with van der Waals surface area (Å²) in [5, 5.41) is 3.00. The molecule has 0 unspecified atom stereocenters. The molecule has 1 aromatic heterocycles. The summed E-state index contributed by atoms with van der Waals surface area (Å²) < 4.78 is 5.26. The van der Waals surface area contributed by atoms with Crippen molar-refractivity contribution in [1.82, 2.24) is 10.2 Å². The van der Waals surface area contributed by atoms with Crippen LogP contribution in [0.4, 0.5) is 0 Å². The highest BCUT2D eigenvalue weighted by molar-refractivity contribution is 5.78. The Morgan fingerprint density at radius 1 is 1.25 bits per heavy atom. The van der Waals surface area contributed by atoms with E-state index < -0.39 is 0 Å². The average Bonchev–Trinajstić information content (AvgIpc) is 2.92. The van der Waals surface area contributed by atoms with Gasteiger partial charge in [0.15, 0.2) is 0 Å². The third-order valence-electron chi connectivity index (χ3n) is 3.10. The number of furan rings is 1. The fourth-order valence-electron chi connectivity index (χ4n) is 2.08. The fraction of sp³-hybridized carbons (Fsp3) is 0.312. The predicted molar refractivity (Wildman–Crippen MR) is 78.0 cm³/mol. The maximum atomic E-state index is 12.0. The lowest BCUT2D eigenvalue weighted by Gasteiger charge is -2.18. The quantitative estimate of drug-likeness (QED) is 0.879. The van der Waals surface area contributed by atoms with Gasteiger partial charge in [-0.05, 0) is 31.7 Å². The first-order valence-electron chi connectivity index (χ1n) is 6.70. The highest BCUT2D eigenvalue weighted by Crippen LogP contribution is 2.11. The maximum absolute atomic E-state index is 12.0. The Balaban J connectivity index is 1.80. The van der Waals surface area contributed by atoms with Crippen LogP contribution in [0.1, 0.15) is 24.3 Å². The largest absolute Gasteiger partial charge is 0.468 e. The van der Waals surface area contributed by atoms with Gasteiger partial charge in [0, 0.05) is 0 Å². The number of benzene rings is 1. The molecule has 0 radical (unpaired) electrons. The lowest BCUT2D eigenvalue weighted by atomic mass is 10.1. The number of hydrogen-bond acceptors (Lipinski definition) is 3. The van der Waals surface area contributed by atoms with Crippen LogP contribution < -0.4 is 5.32 Å². The number of carbonyl (C=O) groups excluding carboxylic acids is 1. The highest BCUT2D eigenvalue weighted by atomic mass is 16.3. The minimum atomic E-state index is 0.00964. The Hall–Kier alpha value is -2.07. The van der Waals surface area contributed by atoms with Gasteiger partial charge in [0.25, 0.3) is 0 Å². The second kappa shape index (κ2) is 6.91. The number of hydrogen-bond donors (Lipinski definition) is 1. The van der Waals surface area contributed by atoms with Crippen molar-refractivity contribution in [1.29, 1.82) is 0 Å². The SMILES string of the molecule is C[C@@H](NC(=O)CN(C)Cc1ccco1)c1ccccc1. The van der Waals surface area contributed by atoms with Crippen LogP contribution in [0, 0.1) is 0 Å². The molecule has 2 rings (SSSR count).